The second-order valence-corrected chi connectivity index (χ2v) is 10.6. The van der Waals surface area contributed by atoms with Crippen molar-refractivity contribution < 1.29 is 10.2 Å². The molecule has 0 saturated heterocycles. The highest BCUT2D eigenvalue weighted by atomic mass is 16.3. The number of hydrogen-bond donors (Lipinski definition) is 3. The van der Waals surface area contributed by atoms with Crippen LogP contribution >= 0.6 is 0 Å². The standard InChI is InChI=1S/C27H33N5O2/c1-25(2,31-11-12-33)19-5-6-21-23(14-19)32(17-27(21)8-9-27)24-29-15-18(16-30-24)22-13-20(7-10-28-22)26(3,4)34/h5-7,10,13-16,31,33-34H,8-9,11-12,17H2,1-4H3. The third-order valence-electron chi connectivity index (χ3n) is 7.22. The van der Waals surface area contributed by atoms with Gasteiger partial charge in [-0.25, -0.2) is 9.97 Å². The zero-order valence-electron chi connectivity index (χ0n) is 20.3. The van der Waals surface area contributed by atoms with Crippen LogP contribution in [0.2, 0.25) is 0 Å². The molecule has 0 amide bonds. The number of nitrogens with zero attached hydrogens (tertiary/aromatic N) is 4. The highest BCUT2D eigenvalue weighted by Crippen LogP contribution is 2.58. The van der Waals surface area contributed by atoms with E-state index < -0.39 is 5.60 Å². The molecule has 1 aromatic carbocycles. The number of aliphatic hydroxyl groups is 2. The largest absolute Gasteiger partial charge is 0.395 e. The average molecular weight is 460 g/mol. The predicted octanol–water partition coefficient (Wildman–Crippen LogP) is 3.77. The molecule has 0 bridgehead atoms. The summed E-state index contributed by atoms with van der Waals surface area (Å²) in [7, 11) is 0. The quantitative estimate of drug-likeness (QED) is 0.495. The number of pyridine rings is 1. The zero-order valence-corrected chi connectivity index (χ0v) is 20.3. The maximum atomic E-state index is 10.3. The zero-order chi connectivity index (χ0) is 24.1. The Labute approximate surface area is 200 Å². The number of benzene rings is 1. The summed E-state index contributed by atoms with van der Waals surface area (Å²) in [5.41, 5.74) is 5.09. The van der Waals surface area contributed by atoms with Crippen LogP contribution in [0.5, 0.6) is 0 Å². The van der Waals surface area contributed by atoms with E-state index in [1.807, 2.05) is 24.5 Å². The van der Waals surface area contributed by atoms with E-state index in [0.29, 0.717) is 12.5 Å². The molecular weight excluding hydrogens is 426 g/mol. The predicted molar refractivity (Wildman–Crippen MR) is 133 cm³/mol. The minimum atomic E-state index is -0.937. The molecule has 0 unspecified atom stereocenters. The second-order valence-electron chi connectivity index (χ2n) is 10.6. The summed E-state index contributed by atoms with van der Waals surface area (Å²) in [5, 5.41) is 23.0. The number of anilines is 2. The van der Waals surface area contributed by atoms with Crippen molar-refractivity contribution in [2.24, 2.45) is 0 Å². The first-order valence-electron chi connectivity index (χ1n) is 11.9. The van der Waals surface area contributed by atoms with E-state index in [2.05, 4.69) is 47.2 Å². The second kappa shape index (κ2) is 8.12. The summed E-state index contributed by atoms with van der Waals surface area (Å²) in [5.74, 6) is 0.686. The number of nitrogens with one attached hydrogen (secondary N) is 1. The smallest absolute Gasteiger partial charge is 0.229 e. The van der Waals surface area contributed by atoms with Crippen LogP contribution in [-0.2, 0) is 16.6 Å². The lowest BCUT2D eigenvalue weighted by Crippen LogP contribution is -2.38. The third-order valence-corrected chi connectivity index (χ3v) is 7.22. The lowest BCUT2D eigenvalue weighted by Gasteiger charge is -2.28. The molecule has 1 fully saturated rings. The maximum absolute atomic E-state index is 10.3. The van der Waals surface area contributed by atoms with E-state index in [4.69, 9.17) is 9.97 Å². The molecule has 3 aromatic rings. The Bertz CT molecular complexity index is 1200. The van der Waals surface area contributed by atoms with E-state index in [1.54, 1.807) is 20.0 Å². The van der Waals surface area contributed by atoms with Gasteiger partial charge in [-0.15, -0.1) is 0 Å². The molecule has 5 rings (SSSR count). The summed E-state index contributed by atoms with van der Waals surface area (Å²) in [6.07, 6.45) is 7.71. The Balaban J connectivity index is 1.46. The molecule has 1 aliphatic heterocycles. The molecule has 3 N–H and O–H groups in total. The molecule has 0 radical (unpaired) electrons. The van der Waals surface area contributed by atoms with E-state index >= 15 is 0 Å². The van der Waals surface area contributed by atoms with E-state index in [0.717, 1.165) is 23.4 Å². The molecule has 3 heterocycles. The Morgan fingerprint density at radius 2 is 1.74 bits per heavy atom. The highest BCUT2D eigenvalue weighted by molar-refractivity contribution is 5.72. The molecule has 7 nitrogen and oxygen atoms in total. The van der Waals surface area contributed by atoms with Gasteiger partial charge in [0.15, 0.2) is 0 Å². The Morgan fingerprint density at radius 1 is 1.00 bits per heavy atom. The van der Waals surface area contributed by atoms with Crippen LogP contribution in [-0.4, -0.2) is 44.9 Å². The number of fused-ring (bicyclic) bond motifs is 2. The lowest BCUT2D eigenvalue weighted by atomic mass is 9.90. The van der Waals surface area contributed by atoms with Crippen molar-refractivity contribution >= 4 is 11.6 Å². The number of aliphatic hydroxyl groups excluding tert-OH is 1. The molecule has 34 heavy (non-hydrogen) atoms. The summed E-state index contributed by atoms with van der Waals surface area (Å²) < 4.78 is 0. The first-order valence-corrected chi connectivity index (χ1v) is 11.9. The average Bonchev–Trinajstić information content (AvgIpc) is 3.53. The molecular formula is C27H33N5O2. The Hall–Kier alpha value is -2.87. The summed E-state index contributed by atoms with van der Waals surface area (Å²) in [6, 6.07) is 10.4. The number of hydrogen-bond acceptors (Lipinski definition) is 7. The van der Waals surface area contributed by atoms with E-state index in [9.17, 15) is 10.2 Å². The number of aromatic nitrogens is 3. The lowest BCUT2D eigenvalue weighted by molar-refractivity contribution is 0.0785. The van der Waals surface area contributed by atoms with Crippen LogP contribution in [0.4, 0.5) is 11.6 Å². The van der Waals surface area contributed by atoms with Gasteiger partial charge in [0, 0.05) is 53.9 Å². The fraction of sp³-hybridized carbons (Fsp3) is 0.444. The summed E-state index contributed by atoms with van der Waals surface area (Å²) in [6.45, 7) is 9.34. The third kappa shape index (κ3) is 4.08. The highest BCUT2D eigenvalue weighted by Gasteiger charge is 2.52. The van der Waals surface area contributed by atoms with Crippen molar-refractivity contribution in [1.82, 2.24) is 20.3 Å². The van der Waals surface area contributed by atoms with Gasteiger partial charge in [0.05, 0.1) is 17.9 Å². The van der Waals surface area contributed by atoms with Gasteiger partial charge in [-0.1, -0.05) is 12.1 Å². The van der Waals surface area contributed by atoms with Gasteiger partial charge < -0.3 is 20.4 Å². The van der Waals surface area contributed by atoms with Gasteiger partial charge in [-0.3, -0.25) is 4.98 Å². The van der Waals surface area contributed by atoms with Gasteiger partial charge in [0.2, 0.25) is 5.95 Å². The Kier molecular flexibility index (Phi) is 5.47. The molecule has 1 aliphatic carbocycles. The topological polar surface area (TPSA) is 94.4 Å². The van der Waals surface area contributed by atoms with E-state index in [1.165, 1.54) is 29.7 Å². The van der Waals surface area contributed by atoms with Gasteiger partial charge >= 0.3 is 0 Å². The minimum Gasteiger partial charge on any atom is -0.395 e. The monoisotopic (exact) mass is 459 g/mol. The van der Waals surface area contributed by atoms with Crippen LogP contribution in [0, 0.1) is 0 Å². The fourth-order valence-corrected chi connectivity index (χ4v) is 4.85. The van der Waals surface area contributed by atoms with Gasteiger partial charge in [-0.2, -0.15) is 0 Å². The van der Waals surface area contributed by atoms with Crippen molar-refractivity contribution in [3.63, 3.8) is 0 Å². The molecule has 7 heteroatoms. The molecule has 1 saturated carbocycles. The van der Waals surface area contributed by atoms with Gasteiger partial charge in [-0.05, 0) is 75.4 Å². The first-order chi connectivity index (χ1) is 16.1. The maximum Gasteiger partial charge on any atom is 0.229 e. The van der Waals surface area contributed by atoms with Crippen molar-refractivity contribution in [2.45, 2.75) is 57.1 Å². The van der Waals surface area contributed by atoms with Crippen molar-refractivity contribution in [3.05, 3.63) is 65.6 Å². The van der Waals surface area contributed by atoms with Crippen LogP contribution in [0.3, 0.4) is 0 Å². The minimum absolute atomic E-state index is 0.108. The van der Waals surface area contributed by atoms with E-state index in [-0.39, 0.29) is 17.6 Å². The molecule has 0 atom stereocenters. The molecule has 2 aromatic heterocycles. The summed E-state index contributed by atoms with van der Waals surface area (Å²) in [4.78, 5) is 16.1. The normalized spacial score (nSPS) is 16.7. The first kappa shape index (κ1) is 22.9. The fourth-order valence-electron chi connectivity index (χ4n) is 4.85. The van der Waals surface area contributed by atoms with Crippen LogP contribution in [0.25, 0.3) is 11.3 Å². The SMILES string of the molecule is CC(C)(O)c1ccnc(-c2cnc(N3CC4(CC4)c4ccc(C(C)(C)NCCO)cc43)nc2)c1. The molecule has 2 aliphatic rings. The number of rotatable bonds is 7. The van der Waals surface area contributed by atoms with Crippen LogP contribution in [0.1, 0.15) is 57.2 Å². The van der Waals surface area contributed by atoms with Crippen molar-refractivity contribution in [2.75, 3.05) is 24.6 Å². The van der Waals surface area contributed by atoms with Crippen LogP contribution in [0.15, 0.2) is 48.9 Å². The molecule has 178 valence electrons. The van der Waals surface area contributed by atoms with Gasteiger partial charge in [0.1, 0.15) is 0 Å². The summed E-state index contributed by atoms with van der Waals surface area (Å²) >= 11 is 0. The van der Waals surface area contributed by atoms with Crippen LogP contribution < -0.4 is 10.2 Å². The van der Waals surface area contributed by atoms with Crippen molar-refractivity contribution in [1.29, 1.82) is 0 Å². The van der Waals surface area contributed by atoms with Crippen molar-refractivity contribution in [3.8, 4) is 11.3 Å². The Morgan fingerprint density at radius 3 is 2.38 bits per heavy atom. The van der Waals surface area contributed by atoms with Gasteiger partial charge in [0.25, 0.3) is 0 Å². The molecule has 1 spiro atoms.